The van der Waals surface area contributed by atoms with E-state index in [4.69, 9.17) is 9.47 Å². The normalized spacial score (nSPS) is 17.0. The average molecular weight is 392 g/mol. The molecule has 2 aromatic carbocycles. The number of aromatic amines is 1. The molecule has 1 N–H and O–H groups in total. The van der Waals surface area contributed by atoms with Gasteiger partial charge in [-0.2, -0.15) is 0 Å². The SMILES string of the molecule is COc1ccc(C(=O)Cc2ccc3[nH]cc(CC4CCCN4C)c3c2)c(OC)c1. The van der Waals surface area contributed by atoms with Crippen molar-refractivity contribution < 1.29 is 14.3 Å². The van der Waals surface area contributed by atoms with Gasteiger partial charge in [-0.1, -0.05) is 6.07 Å². The fraction of sp³-hybridized carbons (Fsp3) is 0.375. The van der Waals surface area contributed by atoms with E-state index in [-0.39, 0.29) is 5.78 Å². The monoisotopic (exact) mass is 392 g/mol. The molecule has 2 heterocycles. The van der Waals surface area contributed by atoms with Crippen molar-refractivity contribution in [1.82, 2.24) is 9.88 Å². The number of ketones is 1. The topological polar surface area (TPSA) is 54.6 Å². The van der Waals surface area contributed by atoms with E-state index >= 15 is 0 Å². The number of likely N-dealkylation sites (tertiary alicyclic amines) is 1. The third kappa shape index (κ3) is 4.01. The Labute approximate surface area is 171 Å². The first kappa shape index (κ1) is 19.5. The van der Waals surface area contributed by atoms with Gasteiger partial charge < -0.3 is 19.4 Å². The number of ether oxygens (including phenoxy) is 2. The van der Waals surface area contributed by atoms with Crippen LogP contribution in [-0.4, -0.2) is 49.5 Å². The highest BCUT2D eigenvalue weighted by molar-refractivity contribution is 6.00. The maximum absolute atomic E-state index is 12.9. The second-order valence-corrected chi connectivity index (χ2v) is 7.84. The number of nitrogens with one attached hydrogen (secondary N) is 1. The third-order valence-electron chi connectivity index (χ3n) is 6.03. The quantitative estimate of drug-likeness (QED) is 0.611. The molecule has 0 amide bonds. The summed E-state index contributed by atoms with van der Waals surface area (Å²) in [5.74, 6) is 1.26. The van der Waals surface area contributed by atoms with Crippen molar-refractivity contribution in [2.75, 3.05) is 27.8 Å². The van der Waals surface area contributed by atoms with Crippen LogP contribution in [0.1, 0.15) is 34.3 Å². The molecule has 1 aliphatic rings. The van der Waals surface area contributed by atoms with Crippen molar-refractivity contribution in [3.8, 4) is 11.5 Å². The van der Waals surface area contributed by atoms with Gasteiger partial charge in [0.25, 0.3) is 0 Å². The summed E-state index contributed by atoms with van der Waals surface area (Å²) in [6.45, 7) is 1.18. The Morgan fingerprint density at radius 2 is 2.03 bits per heavy atom. The molecule has 5 nitrogen and oxygen atoms in total. The van der Waals surface area contributed by atoms with Gasteiger partial charge in [0.2, 0.25) is 0 Å². The summed E-state index contributed by atoms with van der Waals surface area (Å²) in [7, 11) is 5.38. The molecule has 1 saturated heterocycles. The minimum Gasteiger partial charge on any atom is -0.497 e. The summed E-state index contributed by atoms with van der Waals surface area (Å²) in [4.78, 5) is 18.8. The van der Waals surface area contributed by atoms with E-state index in [1.807, 2.05) is 6.07 Å². The molecule has 152 valence electrons. The zero-order valence-corrected chi connectivity index (χ0v) is 17.3. The molecule has 0 radical (unpaired) electrons. The fourth-order valence-electron chi connectivity index (χ4n) is 4.30. The summed E-state index contributed by atoms with van der Waals surface area (Å²) >= 11 is 0. The van der Waals surface area contributed by atoms with Gasteiger partial charge in [-0.05, 0) is 68.2 Å². The standard InChI is InChI=1S/C24H28N2O3/c1-26-10-4-5-18(26)13-17-15-25-22-9-6-16(11-21(17)22)12-23(27)20-8-7-19(28-2)14-24(20)29-3/h6-9,11,14-15,18,25H,4-5,10,12-13H2,1-3H3. The van der Waals surface area contributed by atoms with Crippen LogP contribution in [0, 0.1) is 0 Å². The molecule has 1 fully saturated rings. The van der Waals surface area contributed by atoms with Gasteiger partial charge in [0.1, 0.15) is 11.5 Å². The largest absolute Gasteiger partial charge is 0.497 e. The van der Waals surface area contributed by atoms with E-state index < -0.39 is 0 Å². The molecule has 3 aromatic rings. The minimum absolute atomic E-state index is 0.0384. The number of fused-ring (bicyclic) bond motifs is 1. The van der Waals surface area contributed by atoms with Crippen LogP contribution in [0.3, 0.4) is 0 Å². The van der Waals surface area contributed by atoms with Gasteiger partial charge >= 0.3 is 0 Å². The van der Waals surface area contributed by atoms with Crippen LogP contribution in [0.25, 0.3) is 10.9 Å². The Bertz CT molecular complexity index is 1020. The molecule has 5 heteroatoms. The molecule has 0 saturated carbocycles. The predicted molar refractivity (Wildman–Crippen MR) is 115 cm³/mol. The third-order valence-corrected chi connectivity index (χ3v) is 6.03. The smallest absolute Gasteiger partial charge is 0.170 e. The number of carbonyl (C=O) groups is 1. The van der Waals surface area contributed by atoms with Crippen LogP contribution >= 0.6 is 0 Å². The maximum atomic E-state index is 12.9. The number of H-pyrrole nitrogens is 1. The van der Waals surface area contributed by atoms with Gasteiger partial charge in [-0.15, -0.1) is 0 Å². The Morgan fingerprint density at radius 3 is 2.76 bits per heavy atom. The number of likely N-dealkylation sites (N-methyl/N-ethyl adjacent to an activating group) is 1. The summed E-state index contributed by atoms with van der Waals surface area (Å²) in [6, 6.07) is 12.2. The highest BCUT2D eigenvalue weighted by Crippen LogP contribution is 2.28. The van der Waals surface area contributed by atoms with Crippen molar-refractivity contribution in [2.45, 2.75) is 31.7 Å². The van der Waals surface area contributed by atoms with E-state index in [9.17, 15) is 4.79 Å². The van der Waals surface area contributed by atoms with Crippen molar-refractivity contribution in [1.29, 1.82) is 0 Å². The number of rotatable bonds is 7. The van der Waals surface area contributed by atoms with Crippen LogP contribution in [0.4, 0.5) is 0 Å². The first-order chi connectivity index (χ1) is 14.1. The molecule has 29 heavy (non-hydrogen) atoms. The Kier molecular flexibility index (Phi) is 5.58. The molecule has 1 aromatic heterocycles. The first-order valence-electron chi connectivity index (χ1n) is 10.1. The highest BCUT2D eigenvalue weighted by atomic mass is 16.5. The number of Topliss-reactive ketones (excluding diaryl/α,β-unsaturated/α-hetero) is 1. The average Bonchev–Trinajstić information content (AvgIpc) is 3.33. The molecule has 0 bridgehead atoms. The highest BCUT2D eigenvalue weighted by Gasteiger charge is 2.22. The Hall–Kier alpha value is -2.79. The predicted octanol–water partition coefficient (Wildman–Crippen LogP) is 4.25. The van der Waals surface area contributed by atoms with E-state index in [0.29, 0.717) is 29.5 Å². The molecule has 0 spiro atoms. The lowest BCUT2D eigenvalue weighted by molar-refractivity contribution is 0.0990. The van der Waals surface area contributed by atoms with Crippen LogP contribution < -0.4 is 9.47 Å². The number of aromatic nitrogens is 1. The maximum Gasteiger partial charge on any atom is 0.170 e. The molecular formula is C24H28N2O3. The minimum atomic E-state index is 0.0384. The zero-order chi connectivity index (χ0) is 20.4. The van der Waals surface area contributed by atoms with Gasteiger partial charge in [0.05, 0.1) is 19.8 Å². The summed E-state index contributed by atoms with van der Waals surface area (Å²) in [5.41, 5.74) is 4.05. The second kappa shape index (κ2) is 8.29. The number of benzene rings is 2. The van der Waals surface area contributed by atoms with Crippen molar-refractivity contribution in [3.63, 3.8) is 0 Å². The first-order valence-corrected chi connectivity index (χ1v) is 10.1. The summed E-state index contributed by atoms with van der Waals surface area (Å²) in [5, 5.41) is 1.22. The lowest BCUT2D eigenvalue weighted by Gasteiger charge is -2.18. The summed E-state index contributed by atoms with van der Waals surface area (Å²) in [6.07, 6.45) is 6.02. The van der Waals surface area contributed by atoms with Gasteiger partial charge in [-0.25, -0.2) is 0 Å². The van der Waals surface area contributed by atoms with E-state index in [1.165, 1.54) is 30.3 Å². The molecule has 0 aliphatic carbocycles. The van der Waals surface area contributed by atoms with Crippen molar-refractivity contribution in [2.24, 2.45) is 0 Å². The molecule has 1 atom stereocenters. The zero-order valence-electron chi connectivity index (χ0n) is 17.3. The van der Waals surface area contributed by atoms with Crippen LogP contribution in [0.15, 0.2) is 42.6 Å². The number of carbonyl (C=O) groups excluding carboxylic acids is 1. The van der Waals surface area contributed by atoms with Crippen molar-refractivity contribution in [3.05, 3.63) is 59.3 Å². The lowest BCUT2D eigenvalue weighted by Crippen LogP contribution is -2.26. The second-order valence-electron chi connectivity index (χ2n) is 7.84. The lowest BCUT2D eigenvalue weighted by atomic mass is 9.98. The van der Waals surface area contributed by atoms with Gasteiger partial charge in [0.15, 0.2) is 5.78 Å². The summed E-state index contributed by atoms with van der Waals surface area (Å²) < 4.78 is 10.6. The number of hydrogen-bond donors (Lipinski definition) is 1. The van der Waals surface area contributed by atoms with Crippen LogP contribution in [-0.2, 0) is 12.8 Å². The number of methoxy groups -OCH3 is 2. The number of hydrogen-bond acceptors (Lipinski definition) is 4. The fourth-order valence-corrected chi connectivity index (χ4v) is 4.30. The number of nitrogens with zero attached hydrogens (tertiary/aromatic N) is 1. The molecular weight excluding hydrogens is 364 g/mol. The Morgan fingerprint density at radius 1 is 1.17 bits per heavy atom. The van der Waals surface area contributed by atoms with Gasteiger partial charge in [0, 0.05) is 35.6 Å². The van der Waals surface area contributed by atoms with Crippen LogP contribution in [0.5, 0.6) is 11.5 Å². The Balaban J connectivity index is 1.56. The molecule has 1 unspecified atom stereocenters. The van der Waals surface area contributed by atoms with Gasteiger partial charge in [-0.3, -0.25) is 4.79 Å². The molecule has 4 rings (SSSR count). The van der Waals surface area contributed by atoms with E-state index in [2.05, 4.69) is 35.3 Å². The van der Waals surface area contributed by atoms with E-state index in [0.717, 1.165) is 17.5 Å². The van der Waals surface area contributed by atoms with Crippen molar-refractivity contribution >= 4 is 16.7 Å². The van der Waals surface area contributed by atoms with E-state index in [1.54, 1.807) is 32.4 Å². The molecule has 1 aliphatic heterocycles. The van der Waals surface area contributed by atoms with Crippen LogP contribution in [0.2, 0.25) is 0 Å².